The van der Waals surface area contributed by atoms with Crippen LogP contribution in [0, 0.1) is 12.3 Å². The molecule has 3 fully saturated rings. The number of hydrogen-bond acceptors (Lipinski definition) is 3. The van der Waals surface area contributed by atoms with E-state index in [1.165, 1.54) is 11.1 Å². The van der Waals surface area contributed by atoms with Gasteiger partial charge in [0, 0.05) is 42.9 Å². The fraction of sp³-hybridized carbons (Fsp3) is 0.458. The average Bonchev–Trinajstić information content (AvgIpc) is 2.64. The molecule has 2 aromatic rings. The van der Waals surface area contributed by atoms with E-state index in [4.69, 9.17) is 0 Å². The monoisotopic (exact) mass is 376 g/mol. The van der Waals surface area contributed by atoms with Gasteiger partial charge >= 0.3 is 0 Å². The molecule has 3 aliphatic carbocycles. The van der Waals surface area contributed by atoms with E-state index in [1.807, 2.05) is 39.1 Å². The van der Waals surface area contributed by atoms with Crippen LogP contribution in [0.25, 0.3) is 0 Å². The maximum absolute atomic E-state index is 12.8. The third kappa shape index (κ3) is 2.95. The molecule has 0 saturated heterocycles. The number of pyridine rings is 1. The van der Waals surface area contributed by atoms with Crippen LogP contribution in [0.15, 0.2) is 42.6 Å². The number of benzene rings is 1. The highest BCUT2D eigenvalue weighted by atomic mass is 16.2. The van der Waals surface area contributed by atoms with Crippen LogP contribution in [-0.4, -0.2) is 23.7 Å². The fourth-order valence-electron chi connectivity index (χ4n) is 5.10. The first-order chi connectivity index (χ1) is 13.4. The van der Waals surface area contributed by atoms with Crippen molar-refractivity contribution < 1.29 is 9.59 Å². The minimum Gasteiger partial charge on any atom is -0.316 e. The Balaban J connectivity index is 1.35. The smallest absolute Gasteiger partial charge is 0.226 e. The van der Waals surface area contributed by atoms with Crippen LogP contribution in [-0.2, 0) is 21.4 Å². The van der Waals surface area contributed by atoms with E-state index in [2.05, 4.69) is 23.2 Å². The van der Waals surface area contributed by atoms with Crippen LogP contribution in [0.1, 0.15) is 55.8 Å². The molecule has 2 bridgehead atoms. The van der Waals surface area contributed by atoms with Crippen molar-refractivity contribution in [3.05, 3.63) is 59.4 Å². The molecule has 5 rings (SSSR count). The number of carbonyl (C=O) groups excluding carboxylic acids is 2. The number of hydrogen-bond donors (Lipinski definition) is 0. The number of aromatic nitrogens is 1. The predicted octanol–water partition coefficient (Wildman–Crippen LogP) is 4.39. The molecule has 1 heterocycles. The Kier molecular flexibility index (Phi) is 4.60. The predicted molar refractivity (Wildman–Crippen MR) is 110 cm³/mol. The standard InChI is InChI=1S/C24H28N2O2/c1-4-22(28)26(3)20-10-8-19(9-11-20)23-14-24(15-23,16-23)21(27)12-7-18-6-5-13-25-17(18)2/h5-6,8-11,13H,4,7,12,14-16H2,1-3H3. The number of nitrogens with zero attached hydrogens (tertiary/aromatic N) is 2. The van der Waals surface area contributed by atoms with Gasteiger partial charge in [0.15, 0.2) is 0 Å². The molecule has 0 radical (unpaired) electrons. The highest BCUT2D eigenvalue weighted by molar-refractivity contribution is 5.92. The Hall–Kier alpha value is -2.49. The van der Waals surface area contributed by atoms with Crippen molar-refractivity contribution in [2.75, 3.05) is 11.9 Å². The summed E-state index contributed by atoms with van der Waals surface area (Å²) >= 11 is 0. The molecular formula is C24H28N2O2. The van der Waals surface area contributed by atoms with E-state index in [9.17, 15) is 9.59 Å². The number of carbonyl (C=O) groups is 2. The van der Waals surface area contributed by atoms with Crippen molar-refractivity contribution in [1.29, 1.82) is 0 Å². The number of anilines is 1. The first-order valence-corrected chi connectivity index (χ1v) is 10.2. The summed E-state index contributed by atoms with van der Waals surface area (Å²) in [6, 6.07) is 12.4. The Morgan fingerprint density at radius 2 is 1.79 bits per heavy atom. The van der Waals surface area contributed by atoms with Crippen molar-refractivity contribution in [2.24, 2.45) is 5.41 Å². The Bertz CT molecular complexity index is 897. The van der Waals surface area contributed by atoms with Crippen LogP contribution in [0.2, 0.25) is 0 Å². The van der Waals surface area contributed by atoms with E-state index in [0.29, 0.717) is 18.6 Å². The first kappa shape index (κ1) is 18.9. The van der Waals surface area contributed by atoms with E-state index < -0.39 is 0 Å². The zero-order valence-corrected chi connectivity index (χ0v) is 17.0. The van der Waals surface area contributed by atoms with E-state index in [-0.39, 0.29) is 16.7 Å². The van der Waals surface area contributed by atoms with Crippen LogP contribution in [0.4, 0.5) is 5.69 Å². The van der Waals surface area contributed by atoms with Gasteiger partial charge < -0.3 is 4.90 Å². The van der Waals surface area contributed by atoms with Gasteiger partial charge in [-0.1, -0.05) is 25.1 Å². The highest BCUT2D eigenvalue weighted by Gasteiger charge is 2.70. The number of amides is 1. The maximum Gasteiger partial charge on any atom is 0.226 e. The molecule has 1 aromatic heterocycles. The second kappa shape index (κ2) is 6.84. The average molecular weight is 377 g/mol. The third-order valence-electron chi connectivity index (χ3n) is 6.90. The summed E-state index contributed by atoms with van der Waals surface area (Å²) in [4.78, 5) is 30.7. The van der Waals surface area contributed by atoms with Crippen LogP contribution < -0.4 is 4.90 Å². The van der Waals surface area contributed by atoms with Crippen LogP contribution in [0.5, 0.6) is 0 Å². The molecule has 0 spiro atoms. The summed E-state index contributed by atoms with van der Waals surface area (Å²) < 4.78 is 0. The number of Topliss-reactive ketones (excluding diaryl/α,β-unsaturated/α-hetero) is 1. The molecule has 3 aliphatic rings. The molecule has 0 N–H and O–H groups in total. The van der Waals surface area contributed by atoms with Gasteiger partial charge in [0.25, 0.3) is 0 Å². The van der Waals surface area contributed by atoms with Crippen molar-refractivity contribution in [3.63, 3.8) is 0 Å². The van der Waals surface area contributed by atoms with Crippen LogP contribution >= 0.6 is 0 Å². The summed E-state index contributed by atoms with van der Waals surface area (Å²) in [5.41, 5.74) is 4.55. The molecule has 1 aromatic carbocycles. The van der Waals surface area contributed by atoms with Crippen molar-refractivity contribution >= 4 is 17.4 Å². The van der Waals surface area contributed by atoms with Gasteiger partial charge in [0.2, 0.25) is 5.91 Å². The second-order valence-corrected chi connectivity index (χ2v) is 8.62. The van der Waals surface area contributed by atoms with Gasteiger partial charge in [-0.2, -0.15) is 0 Å². The molecule has 28 heavy (non-hydrogen) atoms. The fourth-order valence-corrected chi connectivity index (χ4v) is 5.10. The van der Waals surface area contributed by atoms with E-state index in [0.717, 1.165) is 37.1 Å². The number of rotatable bonds is 7. The maximum atomic E-state index is 12.8. The lowest BCUT2D eigenvalue weighted by Gasteiger charge is -2.70. The topological polar surface area (TPSA) is 50.3 Å². The number of ketones is 1. The zero-order chi connectivity index (χ0) is 19.9. The molecule has 0 atom stereocenters. The quantitative estimate of drug-likeness (QED) is 0.720. The van der Waals surface area contributed by atoms with Gasteiger partial charge in [0.05, 0.1) is 0 Å². The lowest BCUT2D eigenvalue weighted by molar-refractivity contribution is -0.173. The van der Waals surface area contributed by atoms with E-state index >= 15 is 0 Å². The highest BCUT2D eigenvalue weighted by Crippen LogP contribution is 2.74. The van der Waals surface area contributed by atoms with Crippen molar-refractivity contribution in [1.82, 2.24) is 4.98 Å². The summed E-state index contributed by atoms with van der Waals surface area (Å²) in [6.45, 7) is 3.88. The lowest BCUT2D eigenvalue weighted by atomic mass is 9.32. The minimum absolute atomic E-state index is 0.0796. The minimum atomic E-state index is -0.0796. The first-order valence-electron chi connectivity index (χ1n) is 10.2. The van der Waals surface area contributed by atoms with E-state index in [1.54, 1.807) is 11.1 Å². The van der Waals surface area contributed by atoms with Crippen molar-refractivity contribution in [2.45, 2.75) is 57.8 Å². The third-order valence-corrected chi connectivity index (χ3v) is 6.90. The van der Waals surface area contributed by atoms with Gasteiger partial charge in [0.1, 0.15) is 5.78 Å². The van der Waals surface area contributed by atoms with Gasteiger partial charge in [-0.25, -0.2) is 0 Å². The summed E-state index contributed by atoms with van der Waals surface area (Å²) in [5, 5.41) is 0. The number of aryl methyl sites for hydroxylation is 2. The molecule has 3 saturated carbocycles. The summed E-state index contributed by atoms with van der Waals surface area (Å²) in [5.74, 6) is 0.536. The Morgan fingerprint density at radius 3 is 2.39 bits per heavy atom. The Labute approximate surface area is 167 Å². The molecule has 146 valence electrons. The summed E-state index contributed by atoms with van der Waals surface area (Å²) in [6.07, 6.45) is 6.65. The molecule has 4 heteroatoms. The van der Waals surface area contributed by atoms with Gasteiger partial charge in [-0.15, -0.1) is 0 Å². The zero-order valence-electron chi connectivity index (χ0n) is 17.0. The molecular weight excluding hydrogens is 348 g/mol. The second-order valence-electron chi connectivity index (χ2n) is 8.62. The molecule has 0 unspecified atom stereocenters. The Morgan fingerprint density at radius 1 is 1.11 bits per heavy atom. The largest absolute Gasteiger partial charge is 0.316 e. The van der Waals surface area contributed by atoms with Gasteiger partial charge in [-0.3, -0.25) is 14.6 Å². The lowest BCUT2D eigenvalue weighted by Crippen LogP contribution is -2.67. The van der Waals surface area contributed by atoms with Gasteiger partial charge in [-0.05, 0) is 67.3 Å². The normalized spacial score (nSPS) is 24.8. The SMILES string of the molecule is CCC(=O)N(C)c1ccc(C23CC(C(=O)CCc4cccnc4C)(C2)C3)cc1. The van der Waals surface area contributed by atoms with Crippen molar-refractivity contribution in [3.8, 4) is 0 Å². The molecule has 1 amide bonds. The molecule has 0 aliphatic heterocycles. The molecule has 4 nitrogen and oxygen atoms in total. The summed E-state index contributed by atoms with van der Waals surface area (Å²) in [7, 11) is 1.82. The van der Waals surface area contributed by atoms with Crippen LogP contribution in [0.3, 0.4) is 0 Å².